The lowest BCUT2D eigenvalue weighted by molar-refractivity contribution is -0.117. The summed E-state index contributed by atoms with van der Waals surface area (Å²) in [5, 5.41) is 3.38. The van der Waals surface area contributed by atoms with Crippen LogP contribution in [0.25, 0.3) is 0 Å². The molecular formula is C18H20ClFN2O2. The SMILES string of the molecule is Cc1ccc(F)cc1NC(=O)CN(C)CCOc1ccc(Cl)cc1. The maximum atomic E-state index is 13.2. The smallest absolute Gasteiger partial charge is 0.238 e. The number of anilines is 1. The fraction of sp³-hybridized carbons (Fsp3) is 0.278. The Morgan fingerprint density at radius 2 is 1.96 bits per heavy atom. The van der Waals surface area contributed by atoms with E-state index in [-0.39, 0.29) is 18.3 Å². The van der Waals surface area contributed by atoms with Gasteiger partial charge in [0.25, 0.3) is 0 Å². The Morgan fingerprint density at radius 1 is 1.25 bits per heavy atom. The second kappa shape index (κ2) is 8.66. The largest absolute Gasteiger partial charge is 0.492 e. The number of carbonyl (C=O) groups is 1. The molecule has 0 spiro atoms. The standard InChI is InChI=1S/C18H20ClFN2O2/c1-13-3-6-15(20)11-17(13)21-18(23)12-22(2)9-10-24-16-7-4-14(19)5-8-16/h3-8,11H,9-10,12H2,1-2H3,(H,21,23). The van der Waals surface area contributed by atoms with Crippen molar-refractivity contribution in [2.75, 3.05) is 32.1 Å². The summed E-state index contributed by atoms with van der Waals surface area (Å²) in [6, 6.07) is 11.4. The van der Waals surface area contributed by atoms with Gasteiger partial charge in [-0.1, -0.05) is 17.7 Å². The molecule has 2 aromatic carbocycles. The van der Waals surface area contributed by atoms with Gasteiger partial charge in [0.15, 0.2) is 0 Å². The summed E-state index contributed by atoms with van der Waals surface area (Å²) in [5.74, 6) is 0.158. The first kappa shape index (κ1) is 18.2. The minimum atomic E-state index is -0.374. The molecule has 2 rings (SSSR count). The number of aryl methyl sites for hydroxylation is 1. The highest BCUT2D eigenvalue weighted by molar-refractivity contribution is 6.30. The molecule has 0 fully saturated rings. The van der Waals surface area contributed by atoms with E-state index in [1.807, 2.05) is 18.9 Å². The number of carbonyl (C=O) groups excluding carboxylic acids is 1. The normalized spacial score (nSPS) is 10.7. The highest BCUT2D eigenvalue weighted by Gasteiger charge is 2.09. The average Bonchev–Trinajstić information content (AvgIpc) is 2.53. The number of ether oxygens (including phenoxy) is 1. The van der Waals surface area contributed by atoms with Gasteiger partial charge in [0.1, 0.15) is 18.2 Å². The summed E-state index contributed by atoms with van der Waals surface area (Å²) in [7, 11) is 1.82. The molecule has 0 aliphatic heterocycles. The first-order chi connectivity index (χ1) is 11.4. The number of rotatable bonds is 7. The summed E-state index contributed by atoms with van der Waals surface area (Å²) in [6.07, 6.45) is 0. The van der Waals surface area contributed by atoms with Gasteiger partial charge in [0, 0.05) is 17.3 Å². The van der Waals surface area contributed by atoms with E-state index in [2.05, 4.69) is 5.32 Å². The zero-order chi connectivity index (χ0) is 17.5. The number of nitrogens with zero attached hydrogens (tertiary/aromatic N) is 1. The Hall–Kier alpha value is -2.11. The third-order valence-electron chi connectivity index (χ3n) is 3.44. The lowest BCUT2D eigenvalue weighted by Crippen LogP contribution is -2.33. The van der Waals surface area contributed by atoms with Crippen molar-refractivity contribution in [3.63, 3.8) is 0 Å². The maximum Gasteiger partial charge on any atom is 0.238 e. The molecule has 0 saturated heterocycles. The van der Waals surface area contributed by atoms with E-state index in [9.17, 15) is 9.18 Å². The molecule has 0 atom stereocenters. The molecular weight excluding hydrogens is 331 g/mol. The van der Waals surface area contributed by atoms with Crippen LogP contribution in [0.5, 0.6) is 5.75 Å². The number of hydrogen-bond acceptors (Lipinski definition) is 3. The van der Waals surface area contributed by atoms with Gasteiger partial charge >= 0.3 is 0 Å². The first-order valence-electron chi connectivity index (χ1n) is 7.57. The van der Waals surface area contributed by atoms with Gasteiger partial charge in [-0.3, -0.25) is 9.69 Å². The van der Waals surface area contributed by atoms with E-state index in [1.54, 1.807) is 30.3 Å². The predicted octanol–water partition coefficient (Wildman–Crippen LogP) is 3.74. The summed E-state index contributed by atoms with van der Waals surface area (Å²) >= 11 is 5.81. The molecule has 0 unspecified atom stereocenters. The van der Waals surface area contributed by atoms with Gasteiger partial charge in [-0.25, -0.2) is 4.39 Å². The fourth-order valence-corrected chi connectivity index (χ4v) is 2.22. The van der Waals surface area contributed by atoms with Crippen LogP contribution in [0.2, 0.25) is 5.02 Å². The van der Waals surface area contributed by atoms with Gasteiger partial charge < -0.3 is 10.1 Å². The molecule has 24 heavy (non-hydrogen) atoms. The van der Waals surface area contributed by atoms with E-state index in [0.717, 1.165) is 11.3 Å². The molecule has 1 amide bonds. The minimum Gasteiger partial charge on any atom is -0.492 e. The molecule has 128 valence electrons. The Labute approximate surface area is 146 Å². The molecule has 0 heterocycles. The van der Waals surface area contributed by atoms with Crippen LogP contribution in [0.3, 0.4) is 0 Å². The summed E-state index contributed by atoms with van der Waals surface area (Å²) in [5.41, 5.74) is 1.31. The van der Waals surface area contributed by atoms with Crippen LogP contribution in [0, 0.1) is 12.7 Å². The Kier molecular flexibility index (Phi) is 6.58. The Balaban J connectivity index is 1.75. The van der Waals surface area contributed by atoms with Crippen LogP contribution in [0.4, 0.5) is 10.1 Å². The molecule has 6 heteroatoms. The lowest BCUT2D eigenvalue weighted by atomic mass is 10.2. The quantitative estimate of drug-likeness (QED) is 0.827. The number of benzene rings is 2. The zero-order valence-corrected chi connectivity index (χ0v) is 14.4. The van der Waals surface area contributed by atoms with Crippen molar-refractivity contribution in [2.24, 2.45) is 0 Å². The van der Waals surface area contributed by atoms with Crippen molar-refractivity contribution in [2.45, 2.75) is 6.92 Å². The molecule has 1 N–H and O–H groups in total. The second-order valence-electron chi connectivity index (χ2n) is 5.55. The van der Waals surface area contributed by atoms with Crippen molar-refractivity contribution in [1.82, 2.24) is 4.90 Å². The van der Waals surface area contributed by atoms with E-state index in [1.165, 1.54) is 12.1 Å². The van der Waals surface area contributed by atoms with E-state index in [0.29, 0.717) is 23.9 Å². The lowest BCUT2D eigenvalue weighted by Gasteiger charge is -2.17. The van der Waals surface area contributed by atoms with Crippen molar-refractivity contribution < 1.29 is 13.9 Å². The summed E-state index contributed by atoms with van der Waals surface area (Å²) < 4.78 is 18.8. The van der Waals surface area contributed by atoms with Gasteiger partial charge in [-0.15, -0.1) is 0 Å². The van der Waals surface area contributed by atoms with Gasteiger partial charge in [-0.2, -0.15) is 0 Å². The van der Waals surface area contributed by atoms with E-state index >= 15 is 0 Å². The van der Waals surface area contributed by atoms with Gasteiger partial charge in [0.05, 0.1) is 6.54 Å². The monoisotopic (exact) mass is 350 g/mol. The zero-order valence-electron chi connectivity index (χ0n) is 13.7. The van der Waals surface area contributed by atoms with E-state index in [4.69, 9.17) is 16.3 Å². The Bertz CT molecular complexity index is 692. The van der Waals surface area contributed by atoms with Crippen LogP contribution in [0.1, 0.15) is 5.56 Å². The third kappa shape index (κ3) is 5.83. The number of likely N-dealkylation sites (N-methyl/N-ethyl adjacent to an activating group) is 1. The van der Waals surface area contributed by atoms with Crippen molar-refractivity contribution in [1.29, 1.82) is 0 Å². The second-order valence-corrected chi connectivity index (χ2v) is 5.98. The molecule has 0 aliphatic carbocycles. The molecule has 0 aromatic heterocycles. The molecule has 2 aromatic rings. The number of hydrogen-bond donors (Lipinski definition) is 1. The minimum absolute atomic E-state index is 0.194. The fourth-order valence-electron chi connectivity index (χ4n) is 2.09. The maximum absolute atomic E-state index is 13.2. The van der Waals surface area contributed by atoms with Crippen LogP contribution >= 0.6 is 11.6 Å². The van der Waals surface area contributed by atoms with Crippen molar-refractivity contribution in [3.05, 3.63) is 58.9 Å². The van der Waals surface area contributed by atoms with Crippen LogP contribution in [-0.4, -0.2) is 37.6 Å². The Morgan fingerprint density at radius 3 is 2.67 bits per heavy atom. The first-order valence-corrected chi connectivity index (χ1v) is 7.95. The molecule has 4 nitrogen and oxygen atoms in total. The van der Waals surface area contributed by atoms with Crippen LogP contribution < -0.4 is 10.1 Å². The number of halogens is 2. The molecule has 0 aliphatic rings. The number of nitrogens with one attached hydrogen (secondary N) is 1. The molecule has 0 saturated carbocycles. The average molecular weight is 351 g/mol. The van der Waals surface area contributed by atoms with Crippen LogP contribution in [0.15, 0.2) is 42.5 Å². The van der Waals surface area contributed by atoms with Crippen LogP contribution in [-0.2, 0) is 4.79 Å². The number of amides is 1. The molecule has 0 bridgehead atoms. The predicted molar refractivity (Wildman–Crippen MR) is 94.2 cm³/mol. The highest BCUT2D eigenvalue weighted by Crippen LogP contribution is 2.16. The summed E-state index contributed by atoms with van der Waals surface area (Å²) in [4.78, 5) is 13.9. The molecule has 0 radical (unpaired) electrons. The van der Waals surface area contributed by atoms with Crippen molar-refractivity contribution >= 4 is 23.2 Å². The van der Waals surface area contributed by atoms with Gasteiger partial charge in [-0.05, 0) is 55.9 Å². The topological polar surface area (TPSA) is 41.6 Å². The van der Waals surface area contributed by atoms with Gasteiger partial charge in [0.2, 0.25) is 5.91 Å². The summed E-state index contributed by atoms with van der Waals surface area (Å²) in [6.45, 7) is 3.04. The third-order valence-corrected chi connectivity index (χ3v) is 3.69. The van der Waals surface area contributed by atoms with E-state index < -0.39 is 0 Å². The van der Waals surface area contributed by atoms with Crippen molar-refractivity contribution in [3.8, 4) is 5.75 Å². The highest BCUT2D eigenvalue weighted by atomic mass is 35.5.